The minimum absolute atomic E-state index is 0.0122. The zero-order chi connectivity index (χ0) is 20.8. The molecule has 4 aromatic rings. The molecule has 154 valence electrons. The number of likely N-dealkylation sites (tertiary alicyclic amines) is 1. The van der Waals surface area contributed by atoms with Crippen LogP contribution in [0.5, 0.6) is 11.5 Å². The number of carbonyl (C=O) groups excluding carboxylic acids is 1. The highest BCUT2D eigenvalue weighted by Gasteiger charge is 2.36. The van der Waals surface area contributed by atoms with Gasteiger partial charge < -0.3 is 18.9 Å². The Hall–Kier alpha value is -4.21. The van der Waals surface area contributed by atoms with Gasteiger partial charge in [0.05, 0.1) is 11.6 Å². The van der Waals surface area contributed by atoms with Crippen molar-refractivity contribution >= 4 is 5.91 Å². The fraction of sp³-hybridized carbons (Fsp3) is 0.190. The first-order chi connectivity index (χ1) is 15.2. The molecule has 1 fully saturated rings. The van der Waals surface area contributed by atoms with Crippen LogP contribution in [0, 0.1) is 0 Å². The Kier molecular flexibility index (Phi) is 3.95. The lowest BCUT2D eigenvalue weighted by Crippen LogP contribution is -2.48. The second-order valence-corrected chi connectivity index (χ2v) is 7.34. The summed E-state index contributed by atoms with van der Waals surface area (Å²) in [5.74, 6) is 2.28. The molecule has 2 aliphatic heterocycles. The highest BCUT2D eigenvalue weighted by molar-refractivity contribution is 5.94. The first-order valence-corrected chi connectivity index (χ1v) is 9.73. The van der Waals surface area contributed by atoms with Crippen molar-refractivity contribution < 1.29 is 18.8 Å². The lowest BCUT2D eigenvalue weighted by atomic mass is 9.99. The maximum atomic E-state index is 12.8. The van der Waals surface area contributed by atoms with Crippen molar-refractivity contribution in [1.82, 2.24) is 30.2 Å². The minimum atomic E-state index is -0.122. The fourth-order valence-electron chi connectivity index (χ4n) is 3.62. The number of nitrogens with zero attached hydrogens (tertiary/aromatic N) is 5. The Morgan fingerprint density at radius 3 is 2.87 bits per heavy atom. The summed E-state index contributed by atoms with van der Waals surface area (Å²) in [5, 5.41) is 11.1. The number of rotatable bonds is 4. The van der Waals surface area contributed by atoms with Crippen LogP contribution in [0.3, 0.4) is 0 Å². The molecule has 5 heterocycles. The molecule has 1 aromatic carbocycles. The Labute approximate surface area is 175 Å². The van der Waals surface area contributed by atoms with E-state index in [1.807, 2.05) is 30.3 Å². The Balaban J connectivity index is 1.12. The van der Waals surface area contributed by atoms with Crippen LogP contribution in [0.4, 0.5) is 0 Å². The van der Waals surface area contributed by atoms with E-state index in [0.29, 0.717) is 47.7 Å². The van der Waals surface area contributed by atoms with Crippen molar-refractivity contribution in [2.75, 3.05) is 19.9 Å². The molecule has 0 radical (unpaired) electrons. The first kappa shape index (κ1) is 17.6. The lowest BCUT2D eigenvalue weighted by molar-refractivity contribution is 0.0563. The summed E-state index contributed by atoms with van der Waals surface area (Å²) < 4.78 is 16.1. The third-order valence-corrected chi connectivity index (χ3v) is 5.36. The van der Waals surface area contributed by atoms with Gasteiger partial charge in [-0.2, -0.15) is 10.1 Å². The third kappa shape index (κ3) is 3.08. The number of pyridine rings is 1. The van der Waals surface area contributed by atoms with Crippen LogP contribution in [-0.4, -0.2) is 56.0 Å². The van der Waals surface area contributed by atoms with Crippen LogP contribution in [0.2, 0.25) is 0 Å². The van der Waals surface area contributed by atoms with Crippen molar-refractivity contribution in [1.29, 1.82) is 0 Å². The van der Waals surface area contributed by atoms with Gasteiger partial charge in [-0.1, -0.05) is 5.16 Å². The number of aromatic nitrogens is 5. The number of H-pyrrole nitrogens is 1. The van der Waals surface area contributed by atoms with Crippen LogP contribution in [-0.2, 0) is 0 Å². The van der Waals surface area contributed by atoms with Crippen LogP contribution in [0.15, 0.2) is 53.3 Å². The van der Waals surface area contributed by atoms with Gasteiger partial charge in [0.25, 0.3) is 5.91 Å². The van der Waals surface area contributed by atoms with Crippen molar-refractivity contribution in [3.63, 3.8) is 0 Å². The van der Waals surface area contributed by atoms with Gasteiger partial charge in [-0.05, 0) is 36.4 Å². The van der Waals surface area contributed by atoms with Crippen molar-refractivity contribution in [3.05, 3.63) is 60.4 Å². The standard InChI is InChI=1S/C21H16N6O4/c28-21(16-7-15(24-25-16)12-3-4-17-18(6-12)30-11-29-17)27-9-14(10-27)20-23-19(26-31-20)13-2-1-5-22-8-13/h1-8,14H,9-11H2,(H,24,25). The first-order valence-electron chi connectivity index (χ1n) is 9.73. The predicted octanol–water partition coefficient (Wildman–Crippen LogP) is 2.49. The van der Waals surface area contributed by atoms with E-state index in [4.69, 9.17) is 14.0 Å². The number of hydrogen-bond acceptors (Lipinski definition) is 8. The molecule has 31 heavy (non-hydrogen) atoms. The molecule has 10 heteroatoms. The van der Waals surface area contributed by atoms with Gasteiger partial charge in [0.15, 0.2) is 11.5 Å². The molecule has 1 N–H and O–H groups in total. The maximum Gasteiger partial charge on any atom is 0.271 e. The third-order valence-electron chi connectivity index (χ3n) is 5.36. The maximum absolute atomic E-state index is 12.8. The molecule has 0 unspecified atom stereocenters. The lowest BCUT2D eigenvalue weighted by Gasteiger charge is -2.36. The van der Waals surface area contributed by atoms with Gasteiger partial charge in [0.2, 0.25) is 18.5 Å². The van der Waals surface area contributed by atoms with Crippen molar-refractivity contribution in [2.45, 2.75) is 5.92 Å². The van der Waals surface area contributed by atoms with Crippen LogP contribution >= 0.6 is 0 Å². The molecule has 6 rings (SSSR count). The van der Waals surface area contributed by atoms with E-state index in [1.54, 1.807) is 23.4 Å². The zero-order valence-electron chi connectivity index (χ0n) is 16.2. The van der Waals surface area contributed by atoms with Gasteiger partial charge in [-0.3, -0.25) is 14.9 Å². The second-order valence-electron chi connectivity index (χ2n) is 7.34. The molecule has 1 saturated heterocycles. The van der Waals surface area contributed by atoms with Crippen LogP contribution < -0.4 is 9.47 Å². The molecule has 3 aromatic heterocycles. The Morgan fingerprint density at radius 2 is 2.00 bits per heavy atom. The van der Waals surface area contributed by atoms with E-state index in [2.05, 4.69) is 25.3 Å². The van der Waals surface area contributed by atoms with Gasteiger partial charge in [-0.15, -0.1) is 0 Å². The van der Waals surface area contributed by atoms with E-state index >= 15 is 0 Å². The number of amides is 1. The summed E-state index contributed by atoms with van der Waals surface area (Å²) in [7, 11) is 0. The summed E-state index contributed by atoms with van der Waals surface area (Å²) in [5.41, 5.74) is 2.72. The molecule has 0 atom stereocenters. The molecule has 2 aliphatic rings. The number of carbonyl (C=O) groups is 1. The molecular formula is C21H16N6O4. The topological polar surface area (TPSA) is 119 Å². The summed E-state index contributed by atoms with van der Waals surface area (Å²) in [6, 6.07) is 11.0. The van der Waals surface area contributed by atoms with E-state index in [1.165, 1.54) is 0 Å². The Morgan fingerprint density at radius 1 is 1.10 bits per heavy atom. The number of benzene rings is 1. The summed E-state index contributed by atoms with van der Waals surface area (Å²) in [6.07, 6.45) is 3.37. The Bertz CT molecular complexity index is 1260. The van der Waals surface area contributed by atoms with Gasteiger partial charge >= 0.3 is 0 Å². The van der Waals surface area contributed by atoms with Gasteiger partial charge in [0.1, 0.15) is 5.69 Å². The van der Waals surface area contributed by atoms with Crippen molar-refractivity contribution in [3.8, 4) is 34.1 Å². The zero-order valence-corrected chi connectivity index (χ0v) is 16.2. The second kappa shape index (κ2) is 6.94. The van der Waals surface area contributed by atoms with Gasteiger partial charge in [0, 0.05) is 36.6 Å². The SMILES string of the molecule is O=C(c1cc(-c2ccc3c(c2)OCO3)n[nH]1)N1CC(c2nc(-c3cccnc3)no2)C1. The largest absolute Gasteiger partial charge is 0.454 e. The summed E-state index contributed by atoms with van der Waals surface area (Å²) >= 11 is 0. The van der Waals surface area contributed by atoms with Gasteiger partial charge in [-0.25, -0.2) is 0 Å². The number of aromatic amines is 1. The molecule has 0 aliphatic carbocycles. The quantitative estimate of drug-likeness (QED) is 0.539. The van der Waals surface area contributed by atoms with E-state index in [9.17, 15) is 4.79 Å². The molecular weight excluding hydrogens is 400 g/mol. The average Bonchev–Trinajstić information content (AvgIpc) is 3.52. The number of fused-ring (bicyclic) bond motifs is 1. The monoisotopic (exact) mass is 416 g/mol. The van der Waals surface area contributed by atoms with E-state index in [-0.39, 0.29) is 18.6 Å². The smallest absolute Gasteiger partial charge is 0.271 e. The molecule has 10 nitrogen and oxygen atoms in total. The van der Waals surface area contributed by atoms with Crippen LogP contribution in [0.1, 0.15) is 22.3 Å². The highest BCUT2D eigenvalue weighted by atomic mass is 16.7. The highest BCUT2D eigenvalue weighted by Crippen LogP contribution is 2.36. The number of ether oxygens (including phenoxy) is 2. The molecule has 0 bridgehead atoms. The fourth-order valence-corrected chi connectivity index (χ4v) is 3.62. The predicted molar refractivity (Wildman–Crippen MR) is 106 cm³/mol. The molecule has 1 amide bonds. The molecule has 0 spiro atoms. The minimum Gasteiger partial charge on any atom is -0.454 e. The normalized spacial score (nSPS) is 15.2. The number of hydrogen-bond donors (Lipinski definition) is 1. The van der Waals surface area contributed by atoms with Crippen LogP contribution in [0.25, 0.3) is 22.6 Å². The van der Waals surface area contributed by atoms with E-state index < -0.39 is 0 Å². The van der Waals surface area contributed by atoms with E-state index in [0.717, 1.165) is 11.1 Å². The average molecular weight is 416 g/mol. The summed E-state index contributed by atoms with van der Waals surface area (Å²) in [4.78, 5) is 23.0. The number of nitrogens with one attached hydrogen (secondary N) is 1. The summed E-state index contributed by atoms with van der Waals surface area (Å²) in [6.45, 7) is 1.22. The van der Waals surface area contributed by atoms with Crippen molar-refractivity contribution in [2.24, 2.45) is 0 Å². The molecule has 0 saturated carbocycles.